The fraction of sp³-hybridized carbons (Fsp3) is 0.500. The van der Waals surface area contributed by atoms with Gasteiger partial charge in [-0.05, 0) is 52.2 Å². The number of rotatable bonds is 9. The Bertz CT molecular complexity index is 1130. The molecular weight excluding hydrogens is 483 g/mol. The van der Waals surface area contributed by atoms with Crippen LogP contribution in [-0.2, 0) is 27.9 Å². The molecule has 0 unspecified atom stereocenters. The molecule has 0 atom stereocenters. The molecule has 12 heteroatoms. The minimum atomic E-state index is -3.97. The minimum Gasteiger partial charge on any atom is -0.444 e. The molecule has 1 N–H and O–H groups in total. The van der Waals surface area contributed by atoms with Crippen molar-refractivity contribution >= 4 is 33.5 Å². The average molecular weight is 515 g/mol. The second-order valence-electron chi connectivity index (χ2n) is 8.83. The lowest BCUT2D eigenvalue weighted by Gasteiger charge is -2.27. The Morgan fingerprint density at radius 2 is 1.85 bits per heavy atom. The van der Waals surface area contributed by atoms with Crippen LogP contribution in [0.1, 0.15) is 53.1 Å². The Balaban J connectivity index is 2.17. The minimum absolute atomic E-state index is 0.0269. The smallest absolute Gasteiger partial charge is 0.410 e. The highest BCUT2D eigenvalue weighted by Crippen LogP contribution is 2.21. The number of thiazole rings is 1. The molecule has 1 aromatic carbocycles. The van der Waals surface area contributed by atoms with E-state index >= 15 is 0 Å². The van der Waals surface area contributed by atoms with Gasteiger partial charge in [0.15, 0.2) is 0 Å². The SMILES string of the molecule is Cc1sc(CN(CCCc2ccccc2F)C(=O)OC(C)(C)C)nc1C(=O)NS(=O)(=O)N(C)C. The molecule has 188 valence electrons. The first-order chi connectivity index (χ1) is 15.7. The van der Waals surface area contributed by atoms with Crippen LogP contribution in [0.25, 0.3) is 0 Å². The zero-order valence-corrected chi connectivity index (χ0v) is 21.8. The summed E-state index contributed by atoms with van der Waals surface area (Å²) >= 11 is 1.18. The Morgan fingerprint density at radius 1 is 1.21 bits per heavy atom. The third kappa shape index (κ3) is 8.03. The molecule has 2 rings (SSSR count). The van der Waals surface area contributed by atoms with Crippen molar-refractivity contribution in [1.82, 2.24) is 18.9 Å². The number of aromatic nitrogens is 1. The molecule has 0 radical (unpaired) electrons. The summed E-state index contributed by atoms with van der Waals surface area (Å²) in [5, 5.41) is 0.446. The Morgan fingerprint density at radius 3 is 2.44 bits per heavy atom. The predicted octanol–water partition coefficient (Wildman–Crippen LogP) is 3.50. The van der Waals surface area contributed by atoms with Gasteiger partial charge >= 0.3 is 16.3 Å². The molecular formula is C22H31FN4O5S2. The van der Waals surface area contributed by atoms with Crippen LogP contribution in [0, 0.1) is 12.7 Å². The number of hydrogen-bond acceptors (Lipinski definition) is 7. The van der Waals surface area contributed by atoms with Gasteiger partial charge in [-0.15, -0.1) is 11.3 Å². The van der Waals surface area contributed by atoms with E-state index in [0.717, 1.165) is 4.31 Å². The van der Waals surface area contributed by atoms with Gasteiger partial charge < -0.3 is 9.64 Å². The standard InChI is InChI=1S/C22H31FN4O5S2/c1-15-19(20(28)25-34(30,31)26(5)6)24-18(33-15)14-27(21(29)32-22(2,3)4)13-9-11-16-10-7-8-12-17(16)23/h7-8,10,12H,9,11,13-14H2,1-6H3,(H,25,28). The van der Waals surface area contributed by atoms with Gasteiger partial charge in [-0.25, -0.2) is 18.9 Å². The van der Waals surface area contributed by atoms with E-state index in [1.54, 1.807) is 45.9 Å². The topological polar surface area (TPSA) is 109 Å². The van der Waals surface area contributed by atoms with Crippen LogP contribution in [0.3, 0.4) is 0 Å². The van der Waals surface area contributed by atoms with Crippen LogP contribution in [0.5, 0.6) is 0 Å². The second kappa shape index (κ2) is 11.2. The monoisotopic (exact) mass is 514 g/mol. The van der Waals surface area contributed by atoms with Crippen LogP contribution in [0.4, 0.5) is 9.18 Å². The molecule has 1 heterocycles. The summed E-state index contributed by atoms with van der Waals surface area (Å²) in [7, 11) is -1.37. The van der Waals surface area contributed by atoms with E-state index in [0.29, 0.717) is 28.3 Å². The molecule has 0 spiro atoms. The van der Waals surface area contributed by atoms with Crippen molar-refractivity contribution in [3.63, 3.8) is 0 Å². The maximum atomic E-state index is 13.9. The third-order valence-electron chi connectivity index (χ3n) is 4.57. The highest BCUT2D eigenvalue weighted by Gasteiger charge is 2.26. The lowest BCUT2D eigenvalue weighted by Crippen LogP contribution is -2.40. The zero-order chi connectivity index (χ0) is 25.7. The van der Waals surface area contributed by atoms with E-state index in [2.05, 4.69) is 4.98 Å². The highest BCUT2D eigenvalue weighted by molar-refractivity contribution is 7.87. The Kier molecular flexibility index (Phi) is 9.15. The van der Waals surface area contributed by atoms with Gasteiger partial charge in [0.1, 0.15) is 22.1 Å². The lowest BCUT2D eigenvalue weighted by molar-refractivity contribution is 0.0231. The first kappa shape index (κ1) is 27.7. The van der Waals surface area contributed by atoms with Gasteiger partial charge in [0.2, 0.25) is 0 Å². The number of carbonyl (C=O) groups is 2. The molecule has 9 nitrogen and oxygen atoms in total. The molecule has 0 bridgehead atoms. The Labute approximate surface area is 204 Å². The summed E-state index contributed by atoms with van der Waals surface area (Å²) in [4.78, 5) is 31.5. The van der Waals surface area contributed by atoms with E-state index < -0.39 is 27.8 Å². The number of hydrogen-bond donors (Lipinski definition) is 1. The molecule has 2 amide bonds. The quantitative estimate of drug-likeness (QED) is 0.549. The summed E-state index contributed by atoms with van der Waals surface area (Å²) in [5.41, 5.74) is -0.190. The van der Waals surface area contributed by atoms with Crippen molar-refractivity contribution in [2.75, 3.05) is 20.6 Å². The predicted molar refractivity (Wildman–Crippen MR) is 128 cm³/mol. The normalized spacial score (nSPS) is 12.0. The summed E-state index contributed by atoms with van der Waals surface area (Å²) in [5.74, 6) is -1.15. The summed E-state index contributed by atoms with van der Waals surface area (Å²) < 4.78 is 46.2. The molecule has 0 aliphatic heterocycles. The highest BCUT2D eigenvalue weighted by atomic mass is 32.2. The maximum absolute atomic E-state index is 13.9. The van der Waals surface area contributed by atoms with Gasteiger partial charge in [0, 0.05) is 25.5 Å². The van der Waals surface area contributed by atoms with Crippen LogP contribution in [0.15, 0.2) is 24.3 Å². The molecule has 0 saturated carbocycles. The third-order valence-corrected chi connectivity index (χ3v) is 6.93. The van der Waals surface area contributed by atoms with Crippen molar-refractivity contribution in [2.24, 2.45) is 0 Å². The average Bonchev–Trinajstić information content (AvgIpc) is 3.07. The molecule has 0 saturated heterocycles. The largest absolute Gasteiger partial charge is 0.444 e. The summed E-state index contributed by atoms with van der Waals surface area (Å²) in [6.45, 7) is 7.24. The van der Waals surface area contributed by atoms with Gasteiger partial charge in [0.05, 0.1) is 6.54 Å². The number of ether oxygens (including phenoxy) is 1. The molecule has 0 fully saturated rings. The van der Waals surface area contributed by atoms with E-state index in [-0.39, 0.29) is 24.6 Å². The van der Waals surface area contributed by atoms with Crippen LogP contribution < -0.4 is 4.72 Å². The van der Waals surface area contributed by atoms with Crippen molar-refractivity contribution in [2.45, 2.75) is 52.7 Å². The number of carbonyl (C=O) groups excluding carboxylic acids is 2. The van der Waals surface area contributed by atoms with E-state index in [4.69, 9.17) is 4.74 Å². The van der Waals surface area contributed by atoms with Crippen molar-refractivity contribution in [3.05, 3.63) is 51.2 Å². The van der Waals surface area contributed by atoms with Gasteiger partial charge in [-0.1, -0.05) is 18.2 Å². The number of nitrogens with one attached hydrogen (secondary N) is 1. The summed E-state index contributed by atoms with van der Waals surface area (Å²) in [6, 6.07) is 6.46. The van der Waals surface area contributed by atoms with Crippen LogP contribution in [-0.4, -0.2) is 60.8 Å². The fourth-order valence-corrected chi connectivity index (χ4v) is 4.33. The Hall–Kier alpha value is -2.57. The fourth-order valence-electron chi connectivity index (χ4n) is 2.87. The van der Waals surface area contributed by atoms with Gasteiger partial charge in [0.25, 0.3) is 5.91 Å². The van der Waals surface area contributed by atoms with E-state index in [1.807, 2.05) is 4.72 Å². The zero-order valence-electron chi connectivity index (χ0n) is 20.2. The van der Waals surface area contributed by atoms with E-state index in [1.165, 1.54) is 36.4 Å². The van der Waals surface area contributed by atoms with Crippen molar-refractivity contribution < 1.29 is 27.1 Å². The maximum Gasteiger partial charge on any atom is 0.410 e. The molecule has 0 aliphatic rings. The van der Waals surface area contributed by atoms with Crippen molar-refractivity contribution in [3.8, 4) is 0 Å². The van der Waals surface area contributed by atoms with E-state index in [9.17, 15) is 22.4 Å². The number of nitrogens with zero attached hydrogens (tertiary/aromatic N) is 3. The number of amides is 2. The van der Waals surface area contributed by atoms with Crippen LogP contribution >= 0.6 is 11.3 Å². The molecule has 34 heavy (non-hydrogen) atoms. The first-order valence-corrected chi connectivity index (χ1v) is 12.9. The summed E-state index contributed by atoms with van der Waals surface area (Å²) in [6.07, 6.45) is 0.354. The second-order valence-corrected chi connectivity index (χ2v) is 12.0. The van der Waals surface area contributed by atoms with Crippen LogP contribution in [0.2, 0.25) is 0 Å². The lowest BCUT2D eigenvalue weighted by atomic mass is 10.1. The molecule has 2 aromatic rings. The first-order valence-electron chi connectivity index (χ1n) is 10.6. The number of aryl methyl sites for hydroxylation is 2. The number of benzene rings is 1. The van der Waals surface area contributed by atoms with Crippen molar-refractivity contribution in [1.29, 1.82) is 0 Å². The van der Waals surface area contributed by atoms with Gasteiger partial charge in [-0.2, -0.15) is 12.7 Å². The number of halogens is 1. The van der Waals surface area contributed by atoms with Gasteiger partial charge in [-0.3, -0.25) is 4.79 Å². The molecule has 1 aromatic heterocycles. The molecule has 0 aliphatic carbocycles.